The maximum atomic E-state index is 8.24. The van der Waals surface area contributed by atoms with E-state index in [0.29, 0.717) is 6.08 Å². The van der Waals surface area contributed by atoms with Crippen molar-refractivity contribution in [2.24, 2.45) is 0 Å². The Bertz CT molecular complexity index is 399. The van der Waals surface area contributed by atoms with Crippen LogP contribution in [0.5, 0.6) is 0 Å². The summed E-state index contributed by atoms with van der Waals surface area (Å²) in [5.41, 5.74) is 0. The molecule has 0 aliphatic rings. The molecule has 16 heavy (non-hydrogen) atoms. The number of hydrogen-bond acceptors (Lipinski definition) is 1. The number of hydrogen-bond donors (Lipinski definition) is 0. The van der Waals surface area contributed by atoms with Gasteiger partial charge in [-0.2, -0.15) is 0 Å². The van der Waals surface area contributed by atoms with Crippen molar-refractivity contribution in [1.29, 1.82) is 0 Å². The lowest BCUT2D eigenvalue weighted by molar-refractivity contribution is 0.569. The zero-order valence-electron chi connectivity index (χ0n) is 8.71. The minimum absolute atomic E-state index is 0.271. The number of rotatable bonds is 2. The second-order valence-electron chi connectivity index (χ2n) is 3.06. The van der Waals surface area contributed by atoms with Crippen LogP contribution in [0.2, 0.25) is 0 Å². The van der Waals surface area contributed by atoms with Crippen LogP contribution < -0.4 is 10.6 Å². The van der Waals surface area contributed by atoms with Crippen LogP contribution >= 0.6 is 8.58 Å². The topological polar surface area (TPSA) is 39.4 Å². The third-order valence-corrected chi connectivity index (χ3v) is 3.37. The average Bonchev–Trinajstić information content (AvgIpc) is 2.33. The highest BCUT2D eigenvalue weighted by atomic mass is 31.1. The van der Waals surface area contributed by atoms with Gasteiger partial charge in [0, 0.05) is 0 Å². The lowest BCUT2D eigenvalue weighted by atomic mass is 10.4. The lowest BCUT2D eigenvalue weighted by Crippen LogP contribution is -2.01. The van der Waals surface area contributed by atoms with Crippen molar-refractivity contribution in [2.45, 2.75) is 0 Å². The fourth-order valence-electron chi connectivity index (χ4n) is 1.29. The van der Waals surface area contributed by atoms with Crippen LogP contribution in [0, 0.1) is 0 Å². The van der Waals surface area contributed by atoms with Gasteiger partial charge in [0.2, 0.25) is 0 Å². The number of nitrogens with zero attached hydrogens (tertiary/aromatic N) is 1. The van der Waals surface area contributed by atoms with Crippen molar-refractivity contribution in [1.82, 2.24) is 0 Å². The monoisotopic (exact) mass is 229 g/mol. The van der Waals surface area contributed by atoms with E-state index in [1.54, 1.807) is 0 Å². The summed E-state index contributed by atoms with van der Waals surface area (Å²) in [4.78, 5) is 8.24. The molecule has 80 valence electrons. The summed E-state index contributed by atoms with van der Waals surface area (Å²) < 4.78 is 0. The first kappa shape index (κ1) is 12.3. The molecule has 0 unspecified atom stereocenters. The second kappa shape index (κ2) is 7.53. The summed E-state index contributed by atoms with van der Waals surface area (Å²) in [5, 5.41) is 9.67. The standard InChI is InChI=1S/C12H11P.CNO/c1-3-7-11(8-4-1)13-12-9-5-2-6-10-12;2-1-3/h1-10,13H;/q;-1/p+1. The molecule has 3 heteroatoms. The van der Waals surface area contributed by atoms with Gasteiger partial charge in [0.15, 0.2) is 0 Å². The maximum absolute atomic E-state index is 8.24. The highest BCUT2D eigenvalue weighted by Crippen LogP contribution is 2.08. The summed E-state index contributed by atoms with van der Waals surface area (Å²) in [7, 11) is 0.271. The molecule has 0 saturated carbocycles. The Morgan fingerprint density at radius 1 is 0.812 bits per heavy atom. The molecule has 0 radical (unpaired) electrons. The van der Waals surface area contributed by atoms with Gasteiger partial charge in [0.25, 0.3) is 0 Å². The van der Waals surface area contributed by atoms with E-state index in [1.165, 1.54) is 10.6 Å². The van der Waals surface area contributed by atoms with Crippen LogP contribution in [0.3, 0.4) is 0 Å². The first-order valence-corrected chi connectivity index (χ1v) is 5.98. The predicted molar refractivity (Wildman–Crippen MR) is 70.9 cm³/mol. The molecule has 0 N–H and O–H groups in total. The Balaban J connectivity index is 0.000000386. The van der Waals surface area contributed by atoms with Crippen LogP contribution in [0.15, 0.2) is 60.7 Å². The fraction of sp³-hybridized carbons (Fsp3) is 0. The molecule has 0 heterocycles. The smallest absolute Gasteiger partial charge is 0.0942 e. The Morgan fingerprint density at radius 2 is 1.12 bits per heavy atom. The van der Waals surface area contributed by atoms with Crippen molar-refractivity contribution < 1.29 is 4.79 Å². The fourth-order valence-corrected chi connectivity index (χ4v) is 2.51. The lowest BCUT2D eigenvalue weighted by Gasteiger charge is -1.92. The van der Waals surface area contributed by atoms with Crippen LogP contribution in [-0.4, -0.2) is 6.08 Å². The molecule has 0 spiro atoms. The largest absolute Gasteiger partial charge is 0.724 e. The SMILES string of the molecule is [N-]=C=O.c1ccc([PH2+]c2ccccc2)cc1. The van der Waals surface area contributed by atoms with E-state index < -0.39 is 0 Å². The van der Waals surface area contributed by atoms with Gasteiger partial charge in [0.1, 0.15) is 0 Å². The quantitative estimate of drug-likeness (QED) is 0.440. The molecule has 0 amide bonds. The van der Waals surface area contributed by atoms with E-state index in [2.05, 4.69) is 60.7 Å². The van der Waals surface area contributed by atoms with Gasteiger partial charge in [-0.3, -0.25) is 4.79 Å². The number of isocyanates is 1. The average molecular weight is 229 g/mol. The molecule has 0 aliphatic carbocycles. The van der Waals surface area contributed by atoms with Gasteiger partial charge in [-0.15, -0.1) is 0 Å². The molecule has 0 aliphatic heterocycles. The summed E-state index contributed by atoms with van der Waals surface area (Å²) in [5.74, 6) is 0. The van der Waals surface area contributed by atoms with Crippen molar-refractivity contribution in [3.8, 4) is 0 Å². The van der Waals surface area contributed by atoms with Crippen LogP contribution in [0.1, 0.15) is 0 Å². The van der Waals surface area contributed by atoms with Gasteiger partial charge in [0.05, 0.1) is 19.2 Å². The zero-order valence-corrected chi connectivity index (χ0v) is 9.86. The third kappa shape index (κ3) is 4.65. The summed E-state index contributed by atoms with van der Waals surface area (Å²) >= 11 is 0. The zero-order chi connectivity index (χ0) is 11.6. The molecule has 0 aromatic heterocycles. The van der Waals surface area contributed by atoms with Gasteiger partial charge in [-0.25, -0.2) is 0 Å². The highest BCUT2D eigenvalue weighted by Gasteiger charge is 2.00. The molecule has 0 saturated heterocycles. The molecule has 0 atom stereocenters. The highest BCUT2D eigenvalue weighted by molar-refractivity contribution is 7.55. The first-order chi connectivity index (χ1) is 7.86. The molecule has 2 aromatic rings. The Hall–Kier alpha value is -1.75. The first-order valence-electron chi connectivity index (χ1n) is 4.83. The van der Waals surface area contributed by atoms with Crippen molar-refractivity contribution in [3.63, 3.8) is 0 Å². The van der Waals surface area contributed by atoms with E-state index in [-0.39, 0.29) is 8.58 Å². The van der Waals surface area contributed by atoms with Crippen LogP contribution in [0.25, 0.3) is 5.41 Å². The molecular formula is C13H12NOP. The maximum Gasteiger partial charge on any atom is 0.0942 e. The minimum Gasteiger partial charge on any atom is -0.724 e. The normalized spacial score (nSPS) is 8.50. The van der Waals surface area contributed by atoms with Gasteiger partial charge in [-0.05, 0) is 30.3 Å². The third-order valence-electron chi connectivity index (χ3n) is 1.93. The van der Waals surface area contributed by atoms with E-state index in [0.717, 1.165) is 0 Å². The van der Waals surface area contributed by atoms with Gasteiger partial charge < -0.3 is 5.41 Å². The minimum atomic E-state index is 0.271. The Morgan fingerprint density at radius 3 is 1.44 bits per heavy atom. The second-order valence-corrected chi connectivity index (χ2v) is 4.68. The van der Waals surface area contributed by atoms with Crippen molar-refractivity contribution >= 4 is 25.3 Å². The van der Waals surface area contributed by atoms with Crippen molar-refractivity contribution in [2.75, 3.05) is 0 Å². The number of carbonyl (C=O) groups excluding carboxylic acids is 1. The molecule has 0 fully saturated rings. The van der Waals surface area contributed by atoms with Gasteiger partial charge >= 0.3 is 0 Å². The summed E-state index contributed by atoms with van der Waals surface area (Å²) in [6.45, 7) is 0. The molecular weight excluding hydrogens is 217 g/mol. The van der Waals surface area contributed by atoms with Crippen LogP contribution in [0.4, 0.5) is 0 Å². The summed E-state index contributed by atoms with van der Waals surface area (Å²) in [6, 6.07) is 21.3. The Labute approximate surface area is 96.6 Å². The van der Waals surface area contributed by atoms with Gasteiger partial charge in [-0.1, -0.05) is 36.4 Å². The van der Waals surface area contributed by atoms with Crippen molar-refractivity contribution in [3.05, 3.63) is 66.1 Å². The predicted octanol–water partition coefficient (Wildman–Crippen LogP) is 1.94. The molecule has 0 bridgehead atoms. The van der Waals surface area contributed by atoms with Crippen LogP contribution in [-0.2, 0) is 4.79 Å². The van der Waals surface area contributed by atoms with E-state index in [4.69, 9.17) is 10.2 Å². The molecule has 2 aromatic carbocycles. The van der Waals surface area contributed by atoms with E-state index in [9.17, 15) is 0 Å². The molecule has 2 nitrogen and oxygen atoms in total. The summed E-state index contributed by atoms with van der Waals surface area (Å²) in [6.07, 6.45) is 0.500. The molecule has 2 rings (SSSR count). The Kier molecular flexibility index (Phi) is 5.80. The number of benzene rings is 2. The van der Waals surface area contributed by atoms with E-state index in [1.807, 2.05) is 0 Å². The van der Waals surface area contributed by atoms with E-state index >= 15 is 0 Å².